The molecule has 0 bridgehead atoms. The lowest BCUT2D eigenvalue weighted by Crippen LogP contribution is -2.61. The minimum atomic E-state index is -1.60. The quantitative estimate of drug-likeness (QED) is 0.212. The molecule has 0 aromatic rings. The lowest BCUT2D eigenvalue weighted by molar-refractivity contribution is -0.331. The molecule has 0 aromatic heterocycles. The maximum Gasteiger partial charge on any atom is 0.186 e. The Hall–Kier alpha value is -0.440. The highest BCUT2D eigenvalue weighted by Gasteiger charge is 2.47. The van der Waals surface area contributed by atoms with E-state index in [1.165, 1.54) is 0 Å². The second-order valence-corrected chi connectivity index (χ2v) is 7.60. The van der Waals surface area contributed by atoms with Crippen molar-refractivity contribution < 1.29 is 54.7 Å². The Labute approximate surface area is 163 Å². The van der Waals surface area contributed by atoms with Crippen molar-refractivity contribution in [3.8, 4) is 0 Å². The van der Waals surface area contributed by atoms with Crippen LogP contribution < -0.4 is 0 Å². The van der Waals surface area contributed by atoms with Crippen LogP contribution in [0.3, 0.4) is 0 Å². The second-order valence-electron chi connectivity index (χ2n) is 7.60. The summed E-state index contributed by atoms with van der Waals surface area (Å²) >= 11 is 0. The molecule has 0 aromatic carbocycles. The van der Waals surface area contributed by atoms with E-state index < -0.39 is 68.0 Å². The summed E-state index contributed by atoms with van der Waals surface area (Å²) < 4.78 is 21.5. The summed E-state index contributed by atoms with van der Waals surface area (Å²) in [7, 11) is 0. The van der Waals surface area contributed by atoms with Gasteiger partial charge in [-0.25, -0.2) is 0 Å². The van der Waals surface area contributed by atoms with E-state index in [-0.39, 0.29) is 13.2 Å². The van der Waals surface area contributed by atoms with E-state index in [1.54, 1.807) is 0 Å². The Morgan fingerprint density at radius 3 is 1.75 bits per heavy atom. The third kappa shape index (κ3) is 5.58. The molecule has 166 valence electrons. The predicted octanol–water partition coefficient (Wildman–Crippen LogP) is -3.33. The van der Waals surface area contributed by atoms with E-state index in [9.17, 15) is 35.7 Å². The van der Waals surface area contributed by atoms with Gasteiger partial charge in [-0.3, -0.25) is 0 Å². The summed E-state index contributed by atoms with van der Waals surface area (Å²) in [4.78, 5) is 0. The molecule has 2 heterocycles. The molecular formula is C17H32O11. The predicted molar refractivity (Wildman–Crippen MR) is 91.8 cm³/mol. The van der Waals surface area contributed by atoms with Gasteiger partial charge in [0.05, 0.1) is 19.8 Å². The van der Waals surface area contributed by atoms with Crippen LogP contribution >= 0.6 is 0 Å². The molecule has 10 atom stereocenters. The van der Waals surface area contributed by atoms with Crippen molar-refractivity contribution in [1.29, 1.82) is 0 Å². The molecule has 2 aliphatic heterocycles. The van der Waals surface area contributed by atoms with Crippen LogP contribution in [0.25, 0.3) is 0 Å². The minimum Gasteiger partial charge on any atom is -0.394 e. The summed E-state index contributed by atoms with van der Waals surface area (Å²) in [6, 6.07) is 0. The third-order valence-corrected chi connectivity index (χ3v) is 4.92. The first-order valence-corrected chi connectivity index (χ1v) is 9.40. The van der Waals surface area contributed by atoms with Crippen molar-refractivity contribution in [2.75, 3.05) is 19.8 Å². The van der Waals surface area contributed by atoms with Crippen LogP contribution in [0.15, 0.2) is 0 Å². The van der Waals surface area contributed by atoms with E-state index in [0.717, 1.165) is 0 Å². The molecule has 2 fully saturated rings. The van der Waals surface area contributed by atoms with Gasteiger partial charge in [0.25, 0.3) is 0 Å². The van der Waals surface area contributed by atoms with Crippen LogP contribution in [-0.2, 0) is 18.9 Å². The Balaban J connectivity index is 1.93. The fourth-order valence-electron chi connectivity index (χ4n) is 3.01. The van der Waals surface area contributed by atoms with Crippen molar-refractivity contribution in [3.05, 3.63) is 0 Å². The van der Waals surface area contributed by atoms with Crippen LogP contribution in [0, 0.1) is 5.92 Å². The van der Waals surface area contributed by atoms with Gasteiger partial charge in [-0.05, 0) is 12.3 Å². The van der Waals surface area contributed by atoms with Crippen LogP contribution in [0.1, 0.15) is 20.3 Å². The van der Waals surface area contributed by atoms with E-state index in [4.69, 9.17) is 18.9 Å². The molecule has 2 rings (SSSR count). The number of hydrogen-bond donors (Lipinski definition) is 7. The largest absolute Gasteiger partial charge is 0.394 e. The molecule has 11 heteroatoms. The first-order valence-electron chi connectivity index (χ1n) is 9.40. The zero-order chi connectivity index (χ0) is 21.0. The molecule has 0 amide bonds. The van der Waals surface area contributed by atoms with Gasteiger partial charge in [0.15, 0.2) is 12.6 Å². The van der Waals surface area contributed by atoms with Gasteiger partial charge in [0.2, 0.25) is 0 Å². The molecule has 7 N–H and O–H groups in total. The number of hydrogen-bond acceptors (Lipinski definition) is 11. The van der Waals surface area contributed by atoms with Crippen LogP contribution in [0.4, 0.5) is 0 Å². The molecule has 28 heavy (non-hydrogen) atoms. The summed E-state index contributed by atoms with van der Waals surface area (Å²) in [6.45, 7) is 3.29. The van der Waals surface area contributed by atoms with Gasteiger partial charge in [-0.2, -0.15) is 0 Å². The van der Waals surface area contributed by atoms with Crippen molar-refractivity contribution in [1.82, 2.24) is 0 Å². The van der Waals surface area contributed by atoms with Gasteiger partial charge in [-0.1, -0.05) is 13.8 Å². The van der Waals surface area contributed by atoms with Crippen molar-refractivity contribution in [2.45, 2.75) is 81.7 Å². The molecule has 0 radical (unpaired) electrons. The Morgan fingerprint density at radius 2 is 1.21 bits per heavy atom. The number of aliphatic hydroxyl groups is 7. The Bertz CT molecular complexity index is 462. The Kier molecular flexibility index (Phi) is 8.98. The molecule has 0 saturated carbocycles. The highest BCUT2D eigenvalue weighted by Crippen LogP contribution is 2.26. The molecule has 2 saturated heterocycles. The minimum absolute atomic E-state index is 0.280. The van der Waals surface area contributed by atoms with Gasteiger partial charge in [0.1, 0.15) is 48.8 Å². The normalized spacial score (nSPS) is 44.8. The monoisotopic (exact) mass is 412 g/mol. The number of ether oxygens (including phenoxy) is 4. The van der Waals surface area contributed by atoms with Gasteiger partial charge >= 0.3 is 0 Å². The van der Waals surface area contributed by atoms with E-state index >= 15 is 0 Å². The fourth-order valence-corrected chi connectivity index (χ4v) is 3.01. The zero-order valence-electron chi connectivity index (χ0n) is 15.9. The summed E-state index contributed by atoms with van der Waals surface area (Å²) in [5.74, 6) is 0.363. The van der Waals surface area contributed by atoms with E-state index in [1.807, 2.05) is 13.8 Å². The SMILES string of the molecule is CC(C)CCOC1OC(COC2OC(CO)C(O)C(O)C2O)C(O)C(O)C1O. The highest BCUT2D eigenvalue weighted by atomic mass is 16.7. The van der Waals surface area contributed by atoms with Crippen molar-refractivity contribution >= 4 is 0 Å². The first kappa shape index (κ1) is 23.8. The van der Waals surface area contributed by atoms with Gasteiger partial charge in [0, 0.05) is 0 Å². The lowest BCUT2D eigenvalue weighted by Gasteiger charge is -2.42. The highest BCUT2D eigenvalue weighted by molar-refractivity contribution is 4.91. The average molecular weight is 412 g/mol. The summed E-state index contributed by atoms with van der Waals surface area (Å²) in [6.07, 6.45) is -13.4. The molecule has 10 unspecified atom stereocenters. The molecular weight excluding hydrogens is 380 g/mol. The van der Waals surface area contributed by atoms with Crippen LogP contribution in [0.2, 0.25) is 0 Å². The third-order valence-electron chi connectivity index (χ3n) is 4.92. The summed E-state index contributed by atoms with van der Waals surface area (Å²) in [5, 5.41) is 68.9. The van der Waals surface area contributed by atoms with E-state index in [0.29, 0.717) is 12.3 Å². The molecule has 2 aliphatic rings. The number of rotatable bonds is 8. The maximum absolute atomic E-state index is 10.1. The topological polar surface area (TPSA) is 179 Å². The number of aliphatic hydroxyl groups excluding tert-OH is 7. The maximum atomic E-state index is 10.1. The van der Waals surface area contributed by atoms with Crippen LogP contribution in [-0.4, -0.2) is 117 Å². The molecule has 0 aliphatic carbocycles. The lowest BCUT2D eigenvalue weighted by atomic mass is 9.98. The average Bonchev–Trinajstić information content (AvgIpc) is 2.66. The molecule has 0 spiro atoms. The van der Waals surface area contributed by atoms with E-state index in [2.05, 4.69) is 0 Å². The van der Waals surface area contributed by atoms with Crippen LogP contribution in [0.5, 0.6) is 0 Å². The zero-order valence-corrected chi connectivity index (χ0v) is 15.9. The smallest absolute Gasteiger partial charge is 0.186 e. The van der Waals surface area contributed by atoms with Gasteiger partial charge in [-0.15, -0.1) is 0 Å². The van der Waals surface area contributed by atoms with Crippen molar-refractivity contribution in [3.63, 3.8) is 0 Å². The summed E-state index contributed by atoms with van der Waals surface area (Å²) in [5.41, 5.74) is 0. The van der Waals surface area contributed by atoms with Crippen molar-refractivity contribution in [2.24, 2.45) is 5.92 Å². The Morgan fingerprint density at radius 1 is 0.714 bits per heavy atom. The standard InChI is InChI=1S/C17H32O11/c1-7(2)3-4-25-16-14(23)13(22)11(20)9(28-16)6-26-17-15(24)12(21)10(19)8(5-18)27-17/h7-24H,3-6H2,1-2H3. The molecule has 11 nitrogen and oxygen atoms in total. The second kappa shape index (κ2) is 10.5. The fraction of sp³-hybridized carbons (Fsp3) is 1.00. The van der Waals surface area contributed by atoms with Gasteiger partial charge < -0.3 is 54.7 Å². The first-order chi connectivity index (χ1) is 13.2.